The van der Waals surface area contributed by atoms with Gasteiger partial charge in [0.2, 0.25) is 0 Å². The molecule has 5 heteroatoms. The molecule has 1 aliphatic rings. The Morgan fingerprint density at radius 3 is 2.23 bits per heavy atom. The van der Waals surface area contributed by atoms with Crippen molar-refractivity contribution in [1.29, 1.82) is 0 Å². The molecule has 3 N–H and O–H groups in total. The highest BCUT2D eigenvalue weighted by molar-refractivity contribution is 4.89. The molecule has 1 unspecified atom stereocenters. The molecule has 0 spiro atoms. The van der Waals surface area contributed by atoms with E-state index in [0.717, 1.165) is 0 Å². The second-order valence-corrected chi connectivity index (χ2v) is 3.20. The third-order valence-electron chi connectivity index (χ3n) is 2.38. The van der Waals surface area contributed by atoms with Crippen molar-refractivity contribution in [2.75, 3.05) is 14.2 Å². The van der Waals surface area contributed by atoms with E-state index in [1.807, 2.05) is 6.92 Å². The monoisotopic (exact) mass is 191 g/mol. The number of hydrogen-bond acceptors (Lipinski definition) is 5. The lowest BCUT2D eigenvalue weighted by Gasteiger charge is -2.40. The first-order valence-electron chi connectivity index (χ1n) is 4.26. The SMILES string of the molecule is CO[C@@H]1[C@@H](O)[C@@H](OC)C(N)O[C@H]1C. The average Bonchev–Trinajstić information content (AvgIpc) is 2.04. The van der Waals surface area contributed by atoms with Gasteiger partial charge in [0.1, 0.15) is 24.5 Å². The van der Waals surface area contributed by atoms with Gasteiger partial charge in [-0.15, -0.1) is 0 Å². The average molecular weight is 191 g/mol. The van der Waals surface area contributed by atoms with Crippen LogP contribution in [0.2, 0.25) is 0 Å². The van der Waals surface area contributed by atoms with E-state index >= 15 is 0 Å². The summed E-state index contributed by atoms with van der Waals surface area (Å²) in [5.74, 6) is 0. The van der Waals surface area contributed by atoms with Crippen molar-refractivity contribution in [3.8, 4) is 0 Å². The van der Waals surface area contributed by atoms with Crippen LogP contribution in [-0.4, -0.2) is 50.0 Å². The lowest BCUT2D eigenvalue weighted by atomic mass is 9.99. The summed E-state index contributed by atoms with van der Waals surface area (Å²) < 4.78 is 15.4. The van der Waals surface area contributed by atoms with Gasteiger partial charge in [-0.3, -0.25) is 0 Å². The molecule has 0 aromatic rings. The predicted molar refractivity (Wildman–Crippen MR) is 46.1 cm³/mol. The van der Waals surface area contributed by atoms with Crippen molar-refractivity contribution in [2.45, 2.75) is 37.6 Å². The molecule has 5 nitrogen and oxygen atoms in total. The predicted octanol–water partition coefficient (Wildman–Crippen LogP) is -0.919. The van der Waals surface area contributed by atoms with Gasteiger partial charge in [-0.1, -0.05) is 0 Å². The molecule has 1 saturated heterocycles. The highest BCUT2D eigenvalue weighted by Crippen LogP contribution is 2.22. The molecule has 0 aromatic heterocycles. The van der Waals surface area contributed by atoms with Crippen molar-refractivity contribution in [3.63, 3.8) is 0 Å². The van der Waals surface area contributed by atoms with Crippen LogP contribution in [0.1, 0.15) is 6.92 Å². The third kappa shape index (κ3) is 2.00. The Morgan fingerprint density at radius 1 is 1.23 bits per heavy atom. The summed E-state index contributed by atoms with van der Waals surface area (Å²) in [6.07, 6.45) is -2.47. The van der Waals surface area contributed by atoms with E-state index < -0.39 is 18.4 Å². The third-order valence-corrected chi connectivity index (χ3v) is 2.38. The van der Waals surface area contributed by atoms with Crippen LogP contribution in [0.15, 0.2) is 0 Å². The standard InChI is InChI=1S/C8H17NO4/c1-4-6(11-2)5(10)7(12-3)8(9)13-4/h4-8,10H,9H2,1-3H3/t4-,5+,6-,7+,8?/m0/s1. The van der Waals surface area contributed by atoms with Gasteiger partial charge in [0.25, 0.3) is 0 Å². The summed E-state index contributed by atoms with van der Waals surface area (Å²) in [4.78, 5) is 0. The summed E-state index contributed by atoms with van der Waals surface area (Å²) in [6.45, 7) is 1.81. The fraction of sp³-hybridized carbons (Fsp3) is 1.00. The number of hydrogen-bond donors (Lipinski definition) is 2. The first-order valence-corrected chi connectivity index (χ1v) is 4.26. The maximum Gasteiger partial charge on any atom is 0.135 e. The zero-order chi connectivity index (χ0) is 10.0. The van der Waals surface area contributed by atoms with Gasteiger partial charge in [-0.25, -0.2) is 0 Å². The van der Waals surface area contributed by atoms with Crippen molar-refractivity contribution in [3.05, 3.63) is 0 Å². The number of nitrogens with two attached hydrogens (primary N) is 1. The minimum absolute atomic E-state index is 0.221. The first kappa shape index (κ1) is 10.9. The van der Waals surface area contributed by atoms with Crippen LogP contribution in [0, 0.1) is 0 Å². The first-order chi connectivity index (χ1) is 6.11. The second-order valence-electron chi connectivity index (χ2n) is 3.20. The Bertz CT molecular complexity index is 150. The van der Waals surface area contributed by atoms with E-state index in [0.29, 0.717) is 0 Å². The van der Waals surface area contributed by atoms with Gasteiger partial charge in [0.15, 0.2) is 0 Å². The number of aliphatic hydroxyl groups excluding tert-OH is 1. The zero-order valence-electron chi connectivity index (χ0n) is 8.14. The normalized spacial score (nSPS) is 46.4. The zero-order valence-corrected chi connectivity index (χ0v) is 8.14. The highest BCUT2D eigenvalue weighted by Gasteiger charge is 2.42. The lowest BCUT2D eigenvalue weighted by Crippen LogP contribution is -2.60. The minimum Gasteiger partial charge on any atom is -0.387 e. The van der Waals surface area contributed by atoms with Crippen LogP contribution in [-0.2, 0) is 14.2 Å². The number of ether oxygens (including phenoxy) is 3. The molecule has 0 radical (unpaired) electrons. The minimum atomic E-state index is -0.742. The molecule has 0 saturated carbocycles. The van der Waals surface area contributed by atoms with E-state index in [9.17, 15) is 5.11 Å². The maximum absolute atomic E-state index is 9.76. The van der Waals surface area contributed by atoms with E-state index in [1.54, 1.807) is 0 Å². The molecule has 0 aromatic carbocycles. The smallest absolute Gasteiger partial charge is 0.135 e. The number of aliphatic hydroxyl groups is 1. The van der Waals surface area contributed by atoms with Gasteiger partial charge < -0.3 is 25.1 Å². The fourth-order valence-electron chi connectivity index (χ4n) is 1.67. The molecule has 5 atom stereocenters. The summed E-state index contributed by atoms with van der Waals surface area (Å²) in [6, 6.07) is 0. The van der Waals surface area contributed by atoms with E-state index in [4.69, 9.17) is 19.9 Å². The van der Waals surface area contributed by atoms with Gasteiger partial charge in [0.05, 0.1) is 6.10 Å². The molecule has 1 aliphatic heterocycles. The van der Waals surface area contributed by atoms with Crippen molar-refractivity contribution in [1.82, 2.24) is 0 Å². The van der Waals surface area contributed by atoms with Crippen molar-refractivity contribution < 1.29 is 19.3 Å². The molecule has 0 aliphatic carbocycles. The largest absolute Gasteiger partial charge is 0.387 e. The molecule has 78 valence electrons. The molecule has 1 heterocycles. The quantitative estimate of drug-likeness (QED) is 0.590. The van der Waals surface area contributed by atoms with Crippen molar-refractivity contribution in [2.24, 2.45) is 5.73 Å². The van der Waals surface area contributed by atoms with E-state index in [-0.39, 0.29) is 12.2 Å². The summed E-state index contributed by atoms with van der Waals surface area (Å²) >= 11 is 0. The lowest BCUT2D eigenvalue weighted by molar-refractivity contribution is -0.229. The molecule has 13 heavy (non-hydrogen) atoms. The Balaban J connectivity index is 2.69. The number of methoxy groups -OCH3 is 2. The highest BCUT2D eigenvalue weighted by atomic mass is 16.6. The molecule has 1 rings (SSSR count). The van der Waals surface area contributed by atoms with Crippen LogP contribution >= 0.6 is 0 Å². The molecular weight excluding hydrogens is 174 g/mol. The second kappa shape index (κ2) is 4.34. The molecule has 0 amide bonds. The van der Waals surface area contributed by atoms with E-state index in [2.05, 4.69) is 0 Å². The Morgan fingerprint density at radius 2 is 1.77 bits per heavy atom. The molecular formula is C8H17NO4. The summed E-state index contributed by atoms with van der Waals surface area (Å²) in [7, 11) is 3.01. The van der Waals surface area contributed by atoms with Crippen LogP contribution in [0.5, 0.6) is 0 Å². The Labute approximate surface area is 77.8 Å². The van der Waals surface area contributed by atoms with Crippen molar-refractivity contribution >= 4 is 0 Å². The summed E-state index contributed by atoms with van der Waals surface area (Å²) in [5, 5.41) is 9.76. The van der Waals surface area contributed by atoms with Gasteiger partial charge >= 0.3 is 0 Å². The van der Waals surface area contributed by atoms with Crippen LogP contribution in [0.3, 0.4) is 0 Å². The molecule has 0 bridgehead atoms. The Hall–Kier alpha value is -0.200. The topological polar surface area (TPSA) is 73.9 Å². The van der Waals surface area contributed by atoms with Crippen LogP contribution in [0.4, 0.5) is 0 Å². The summed E-state index contributed by atoms with van der Waals surface area (Å²) in [5.41, 5.74) is 5.62. The van der Waals surface area contributed by atoms with Gasteiger partial charge in [0, 0.05) is 14.2 Å². The van der Waals surface area contributed by atoms with Gasteiger partial charge in [-0.2, -0.15) is 0 Å². The van der Waals surface area contributed by atoms with E-state index in [1.165, 1.54) is 14.2 Å². The van der Waals surface area contributed by atoms with Gasteiger partial charge in [-0.05, 0) is 6.92 Å². The fourth-order valence-corrected chi connectivity index (χ4v) is 1.67. The number of rotatable bonds is 2. The maximum atomic E-state index is 9.76. The van der Waals surface area contributed by atoms with Crippen LogP contribution in [0.25, 0.3) is 0 Å². The Kier molecular flexibility index (Phi) is 3.63. The molecule has 1 fully saturated rings. The van der Waals surface area contributed by atoms with Crippen LogP contribution < -0.4 is 5.73 Å².